The molecule has 0 bridgehead atoms. The van der Waals surface area contributed by atoms with E-state index in [0.717, 1.165) is 12.0 Å². The number of hydrogen-bond donors (Lipinski definition) is 1. The topological polar surface area (TPSA) is 12.0 Å². The smallest absolute Gasteiger partial charge is 0.00956 e. The predicted octanol–water partition coefficient (Wildman–Crippen LogP) is 5.01. The predicted molar refractivity (Wildman–Crippen MR) is 81.9 cm³/mol. The van der Waals surface area contributed by atoms with E-state index in [-0.39, 0.29) is 0 Å². The first-order valence-corrected chi connectivity index (χ1v) is 8.03. The number of hydrogen-bond acceptors (Lipinski definition) is 1. The molecule has 1 aliphatic rings. The molecule has 0 heterocycles. The molecule has 1 saturated carbocycles. The minimum Gasteiger partial charge on any atom is -0.314 e. The van der Waals surface area contributed by atoms with Crippen molar-refractivity contribution in [3.05, 3.63) is 0 Å². The Labute approximate surface area is 115 Å². The van der Waals surface area contributed by atoms with Crippen LogP contribution in [0.25, 0.3) is 0 Å². The van der Waals surface area contributed by atoms with Crippen LogP contribution < -0.4 is 5.32 Å². The zero-order chi connectivity index (χ0) is 13.8. The lowest BCUT2D eigenvalue weighted by atomic mass is 9.60. The molecule has 0 aromatic carbocycles. The molecule has 0 amide bonds. The zero-order valence-electron chi connectivity index (χ0n) is 13.6. The van der Waals surface area contributed by atoms with Gasteiger partial charge in [-0.05, 0) is 55.4 Å². The van der Waals surface area contributed by atoms with Crippen molar-refractivity contribution in [1.29, 1.82) is 0 Å². The third kappa shape index (κ3) is 4.91. The molecule has 1 aliphatic carbocycles. The first kappa shape index (κ1) is 16.0. The van der Waals surface area contributed by atoms with Gasteiger partial charge in [0.05, 0.1) is 0 Å². The summed E-state index contributed by atoms with van der Waals surface area (Å²) < 4.78 is 0. The van der Waals surface area contributed by atoms with Crippen LogP contribution in [0.4, 0.5) is 0 Å². The van der Waals surface area contributed by atoms with Gasteiger partial charge in [-0.1, -0.05) is 48.0 Å². The van der Waals surface area contributed by atoms with Crippen LogP contribution in [0, 0.1) is 16.7 Å². The normalized spacial score (nSPS) is 25.0. The zero-order valence-corrected chi connectivity index (χ0v) is 13.6. The van der Waals surface area contributed by atoms with Gasteiger partial charge in [0, 0.05) is 6.04 Å². The Bertz CT molecular complexity index is 226. The molecule has 1 rings (SSSR count). The molecule has 0 spiro atoms. The Morgan fingerprint density at radius 3 is 2.00 bits per heavy atom. The molecule has 1 nitrogen and oxygen atoms in total. The summed E-state index contributed by atoms with van der Waals surface area (Å²) in [5.41, 5.74) is 1.04. The molecule has 1 atom stereocenters. The van der Waals surface area contributed by atoms with Crippen molar-refractivity contribution < 1.29 is 0 Å². The summed E-state index contributed by atoms with van der Waals surface area (Å²) in [5, 5.41) is 3.82. The summed E-state index contributed by atoms with van der Waals surface area (Å²) in [6, 6.07) is 0.744. The van der Waals surface area contributed by atoms with Crippen molar-refractivity contribution in [3.63, 3.8) is 0 Å². The van der Waals surface area contributed by atoms with E-state index in [4.69, 9.17) is 0 Å². The number of rotatable bonds is 6. The molecule has 0 radical (unpaired) electrons. The second-order valence-electron chi connectivity index (χ2n) is 8.02. The van der Waals surface area contributed by atoms with Gasteiger partial charge >= 0.3 is 0 Å². The van der Waals surface area contributed by atoms with Gasteiger partial charge in [0.25, 0.3) is 0 Å². The van der Waals surface area contributed by atoms with Crippen LogP contribution in [-0.2, 0) is 0 Å². The maximum absolute atomic E-state index is 3.82. The van der Waals surface area contributed by atoms with E-state index in [1.54, 1.807) is 0 Å². The van der Waals surface area contributed by atoms with Crippen LogP contribution in [0.3, 0.4) is 0 Å². The van der Waals surface area contributed by atoms with Crippen LogP contribution in [0.2, 0.25) is 0 Å². The maximum atomic E-state index is 3.82. The second kappa shape index (κ2) is 6.41. The largest absolute Gasteiger partial charge is 0.314 e. The highest BCUT2D eigenvalue weighted by Crippen LogP contribution is 2.49. The summed E-state index contributed by atoms with van der Waals surface area (Å²) in [7, 11) is 0. The SMILES string of the molecule is CCCNC(CCC)C1CC(C)(C)CC(C)(C)C1. The highest BCUT2D eigenvalue weighted by atomic mass is 14.9. The standard InChI is InChI=1S/C17H35N/c1-7-9-15(18-10-8-2)14-11-16(3,4)13-17(5,6)12-14/h14-15,18H,7-13H2,1-6H3. The average molecular weight is 253 g/mol. The van der Waals surface area contributed by atoms with E-state index < -0.39 is 0 Å². The molecule has 0 aromatic heterocycles. The average Bonchev–Trinajstić information content (AvgIpc) is 2.19. The molecule has 1 fully saturated rings. The molecule has 1 unspecified atom stereocenters. The van der Waals surface area contributed by atoms with Crippen molar-refractivity contribution in [1.82, 2.24) is 5.32 Å². The molecule has 18 heavy (non-hydrogen) atoms. The van der Waals surface area contributed by atoms with Crippen molar-refractivity contribution in [2.75, 3.05) is 6.54 Å². The molecule has 0 aliphatic heterocycles. The fourth-order valence-corrected chi connectivity index (χ4v) is 4.36. The maximum Gasteiger partial charge on any atom is 0.00956 e. The molecule has 0 saturated heterocycles. The Morgan fingerprint density at radius 2 is 1.56 bits per heavy atom. The van der Waals surface area contributed by atoms with Gasteiger partial charge in [-0.25, -0.2) is 0 Å². The summed E-state index contributed by atoms with van der Waals surface area (Å²) in [5.74, 6) is 0.871. The highest BCUT2D eigenvalue weighted by Gasteiger charge is 2.40. The van der Waals surface area contributed by atoms with Gasteiger partial charge < -0.3 is 5.32 Å². The molecule has 1 heteroatoms. The first-order valence-electron chi connectivity index (χ1n) is 8.03. The molecular weight excluding hydrogens is 218 g/mol. The monoisotopic (exact) mass is 253 g/mol. The Hall–Kier alpha value is -0.0400. The summed E-state index contributed by atoms with van der Waals surface area (Å²) in [4.78, 5) is 0. The van der Waals surface area contributed by atoms with Gasteiger partial charge in [0.1, 0.15) is 0 Å². The lowest BCUT2D eigenvalue weighted by Gasteiger charge is -2.47. The lowest BCUT2D eigenvalue weighted by Crippen LogP contribution is -2.44. The van der Waals surface area contributed by atoms with Crippen LogP contribution in [-0.4, -0.2) is 12.6 Å². The van der Waals surface area contributed by atoms with E-state index >= 15 is 0 Å². The lowest BCUT2D eigenvalue weighted by molar-refractivity contribution is 0.0476. The summed E-state index contributed by atoms with van der Waals surface area (Å²) in [6.07, 6.45) is 8.08. The van der Waals surface area contributed by atoms with Crippen molar-refractivity contribution in [2.45, 2.75) is 86.1 Å². The molecule has 108 valence electrons. The first-order chi connectivity index (χ1) is 8.29. The van der Waals surface area contributed by atoms with Crippen molar-refractivity contribution in [2.24, 2.45) is 16.7 Å². The minimum absolute atomic E-state index is 0.520. The van der Waals surface area contributed by atoms with Gasteiger partial charge in [-0.15, -0.1) is 0 Å². The summed E-state index contributed by atoms with van der Waals surface area (Å²) >= 11 is 0. The third-order valence-electron chi connectivity index (χ3n) is 4.41. The van der Waals surface area contributed by atoms with E-state index in [1.165, 1.54) is 45.1 Å². The number of nitrogens with one attached hydrogen (secondary N) is 1. The third-order valence-corrected chi connectivity index (χ3v) is 4.41. The van der Waals surface area contributed by atoms with Gasteiger partial charge in [0.15, 0.2) is 0 Å². The molecular formula is C17H35N. The van der Waals surface area contributed by atoms with E-state index in [1.807, 2.05) is 0 Å². The van der Waals surface area contributed by atoms with E-state index in [0.29, 0.717) is 10.8 Å². The molecule has 0 aromatic rings. The van der Waals surface area contributed by atoms with Gasteiger partial charge in [0.2, 0.25) is 0 Å². The fraction of sp³-hybridized carbons (Fsp3) is 1.00. The van der Waals surface area contributed by atoms with Crippen LogP contribution in [0.15, 0.2) is 0 Å². The second-order valence-corrected chi connectivity index (χ2v) is 8.02. The highest BCUT2D eigenvalue weighted by molar-refractivity contribution is 4.93. The van der Waals surface area contributed by atoms with Gasteiger partial charge in [-0.2, -0.15) is 0 Å². The Morgan fingerprint density at radius 1 is 1.00 bits per heavy atom. The Kier molecular flexibility index (Phi) is 5.70. The summed E-state index contributed by atoms with van der Waals surface area (Å²) in [6.45, 7) is 15.6. The van der Waals surface area contributed by atoms with Crippen LogP contribution >= 0.6 is 0 Å². The van der Waals surface area contributed by atoms with Crippen molar-refractivity contribution >= 4 is 0 Å². The van der Waals surface area contributed by atoms with Crippen molar-refractivity contribution in [3.8, 4) is 0 Å². The van der Waals surface area contributed by atoms with E-state index in [9.17, 15) is 0 Å². The minimum atomic E-state index is 0.520. The van der Waals surface area contributed by atoms with Crippen LogP contribution in [0.5, 0.6) is 0 Å². The Balaban J connectivity index is 2.70. The van der Waals surface area contributed by atoms with E-state index in [2.05, 4.69) is 46.9 Å². The van der Waals surface area contributed by atoms with Crippen LogP contribution in [0.1, 0.15) is 80.1 Å². The molecule has 1 N–H and O–H groups in total. The fourth-order valence-electron chi connectivity index (χ4n) is 4.36. The van der Waals surface area contributed by atoms with Gasteiger partial charge in [-0.3, -0.25) is 0 Å². The quantitative estimate of drug-likeness (QED) is 0.702.